The lowest BCUT2D eigenvalue weighted by atomic mass is 10.2. The first-order valence-electron chi connectivity index (χ1n) is 5.34. The van der Waals surface area contributed by atoms with Crippen LogP contribution in [0.25, 0.3) is 11.3 Å². The van der Waals surface area contributed by atoms with Gasteiger partial charge in [0.05, 0.1) is 5.69 Å². The summed E-state index contributed by atoms with van der Waals surface area (Å²) in [4.78, 5) is 14.6. The molecule has 0 aliphatic rings. The summed E-state index contributed by atoms with van der Waals surface area (Å²) in [6, 6.07) is 5.87. The molecule has 0 spiro atoms. The van der Waals surface area contributed by atoms with Gasteiger partial charge in [-0.1, -0.05) is 0 Å². The van der Waals surface area contributed by atoms with Crippen molar-refractivity contribution in [1.29, 1.82) is 0 Å². The van der Waals surface area contributed by atoms with Crippen LogP contribution in [0.15, 0.2) is 30.7 Å². The van der Waals surface area contributed by atoms with Gasteiger partial charge in [-0.05, 0) is 12.1 Å². The maximum atomic E-state index is 4.36. The second-order valence-corrected chi connectivity index (χ2v) is 3.84. The van der Waals surface area contributed by atoms with Gasteiger partial charge in [0.25, 0.3) is 0 Å². The monoisotopic (exact) mass is 229 g/mol. The molecule has 2 aromatic rings. The molecule has 0 atom stereocenters. The predicted molar refractivity (Wildman–Crippen MR) is 69.1 cm³/mol. The standard InChI is InChI=1S/C12H15N5/c1-13-11-6-10(15-8-16-11)9-4-5-12(14-7-9)17(2)3/h4-8H,1-3H3,(H,13,15,16). The summed E-state index contributed by atoms with van der Waals surface area (Å²) in [6.07, 6.45) is 3.36. The first-order valence-corrected chi connectivity index (χ1v) is 5.34. The van der Waals surface area contributed by atoms with Gasteiger partial charge in [-0.25, -0.2) is 15.0 Å². The van der Waals surface area contributed by atoms with Crippen molar-refractivity contribution >= 4 is 11.6 Å². The van der Waals surface area contributed by atoms with Gasteiger partial charge >= 0.3 is 0 Å². The summed E-state index contributed by atoms with van der Waals surface area (Å²) in [7, 11) is 5.76. The van der Waals surface area contributed by atoms with Gasteiger partial charge in [0.2, 0.25) is 0 Å². The zero-order valence-corrected chi connectivity index (χ0v) is 10.2. The van der Waals surface area contributed by atoms with Gasteiger partial charge in [-0.15, -0.1) is 0 Å². The quantitative estimate of drug-likeness (QED) is 0.867. The largest absolute Gasteiger partial charge is 0.373 e. The Kier molecular flexibility index (Phi) is 3.18. The van der Waals surface area contributed by atoms with E-state index in [0.717, 1.165) is 22.9 Å². The Morgan fingerprint density at radius 2 is 1.94 bits per heavy atom. The summed E-state index contributed by atoms with van der Waals surface area (Å²) in [5, 5.41) is 2.99. The predicted octanol–water partition coefficient (Wildman–Crippen LogP) is 1.65. The highest BCUT2D eigenvalue weighted by molar-refractivity contribution is 5.62. The van der Waals surface area contributed by atoms with Crippen LogP contribution in [0.3, 0.4) is 0 Å². The normalized spacial score (nSPS) is 10.1. The van der Waals surface area contributed by atoms with E-state index in [-0.39, 0.29) is 0 Å². The maximum absolute atomic E-state index is 4.36. The first kappa shape index (κ1) is 11.3. The van der Waals surface area contributed by atoms with Crippen LogP contribution in [0.4, 0.5) is 11.6 Å². The summed E-state index contributed by atoms with van der Waals surface area (Å²) >= 11 is 0. The van der Waals surface area contributed by atoms with Crippen molar-refractivity contribution in [2.45, 2.75) is 0 Å². The number of aromatic nitrogens is 3. The summed E-state index contributed by atoms with van der Waals surface area (Å²) in [5.74, 6) is 1.73. The lowest BCUT2D eigenvalue weighted by molar-refractivity contribution is 1.07. The second-order valence-electron chi connectivity index (χ2n) is 3.84. The summed E-state index contributed by atoms with van der Waals surface area (Å²) in [6.45, 7) is 0. The van der Waals surface area contributed by atoms with Crippen LogP contribution < -0.4 is 10.2 Å². The van der Waals surface area contributed by atoms with Crippen LogP contribution in [0.2, 0.25) is 0 Å². The lowest BCUT2D eigenvalue weighted by Crippen LogP contribution is -2.10. The molecule has 5 heteroatoms. The molecule has 2 heterocycles. The van der Waals surface area contributed by atoms with Crippen molar-refractivity contribution in [1.82, 2.24) is 15.0 Å². The molecule has 5 nitrogen and oxygen atoms in total. The third-order valence-corrected chi connectivity index (χ3v) is 2.43. The van der Waals surface area contributed by atoms with Gasteiger partial charge in [0.1, 0.15) is 18.0 Å². The lowest BCUT2D eigenvalue weighted by Gasteiger charge is -2.11. The molecule has 0 fully saturated rings. The topological polar surface area (TPSA) is 53.9 Å². The molecule has 0 aromatic carbocycles. The van der Waals surface area contributed by atoms with Crippen molar-refractivity contribution in [2.75, 3.05) is 31.4 Å². The Bertz CT molecular complexity index is 493. The number of hydrogen-bond donors (Lipinski definition) is 1. The highest BCUT2D eigenvalue weighted by Gasteiger charge is 2.02. The molecule has 0 amide bonds. The van der Waals surface area contributed by atoms with E-state index < -0.39 is 0 Å². The smallest absolute Gasteiger partial charge is 0.129 e. The van der Waals surface area contributed by atoms with Crippen LogP contribution in [-0.2, 0) is 0 Å². The molecule has 88 valence electrons. The molecule has 17 heavy (non-hydrogen) atoms. The van der Waals surface area contributed by atoms with E-state index in [2.05, 4.69) is 20.3 Å². The highest BCUT2D eigenvalue weighted by atomic mass is 15.1. The van der Waals surface area contributed by atoms with Crippen LogP contribution >= 0.6 is 0 Å². The van der Waals surface area contributed by atoms with Crippen LogP contribution in [0, 0.1) is 0 Å². The van der Waals surface area contributed by atoms with E-state index in [4.69, 9.17) is 0 Å². The average molecular weight is 229 g/mol. The van der Waals surface area contributed by atoms with Crippen LogP contribution in [0.1, 0.15) is 0 Å². The number of pyridine rings is 1. The molecule has 0 radical (unpaired) electrons. The van der Waals surface area contributed by atoms with Crippen molar-refractivity contribution in [3.05, 3.63) is 30.7 Å². The molecule has 0 aliphatic carbocycles. The third kappa shape index (κ3) is 2.50. The number of hydrogen-bond acceptors (Lipinski definition) is 5. The fraction of sp³-hybridized carbons (Fsp3) is 0.250. The SMILES string of the molecule is CNc1cc(-c2ccc(N(C)C)nc2)ncn1. The van der Waals surface area contributed by atoms with Gasteiger partial charge in [0.15, 0.2) is 0 Å². The maximum Gasteiger partial charge on any atom is 0.129 e. The molecule has 0 saturated carbocycles. The average Bonchev–Trinajstić information content (AvgIpc) is 2.39. The van der Waals surface area contributed by atoms with E-state index in [1.165, 1.54) is 0 Å². The Labute approximate surface area is 101 Å². The van der Waals surface area contributed by atoms with Crippen molar-refractivity contribution in [3.63, 3.8) is 0 Å². The number of nitrogens with one attached hydrogen (secondary N) is 1. The zero-order valence-electron chi connectivity index (χ0n) is 10.2. The Morgan fingerprint density at radius 3 is 2.53 bits per heavy atom. The molecule has 0 bridgehead atoms. The minimum atomic E-state index is 0.798. The van der Waals surface area contributed by atoms with E-state index in [1.807, 2.05) is 50.4 Å². The Hall–Kier alpha value is -2.17. The van der Waals surface area contributed by atoms with Gasteiger partial charge in [-0.2, -0.15) is 0 Å². The Morgan fingerprint density at radius 1 is 1.12 bits per heavy atom. The Balaban J connectivity index is 2.32. The molecule has 2 aromatic heterocycles. The second kappa shape index (κ2) is 4.78. The van der Waals surface area contributed by atoms with E-state index in [9.17, 15) is 0 Å². The first-order chi connectivity index (χ1) is 8.20. The van der Waals surface area contributed by atoms with Gasteiger partial charge in [0, 0.05) is 39.0 Å². The van der Waals surface area contributed by atoms with Crippen molar-refractivity contribution in [3.8, 4) is 11.3 Å². The van der Waals surface area contributed by atoms with Crippen molar-refractivity contribution in [2.24, 2.45) is 0 Å². The van der Waals surface area contributed by atoms with E-state index in [1.54, 1.807) is 6.33 Å². The fourth-order valence-electron chi connectivity index (χ4n) is 1.45. The van der Waals surface area contributed by atoms with Gasteiger partial charge in [-0.3, -0.25) is 0 Å². The van der Waals surface area contributed by atoms with Crippen molar-refractivity contribution < 1.29 is 0 Å². The molecule has 1 N–H and O–H groups in total. The summed E-state index contributed by atoms with van der Waals surface area (Å²) < 4.78 is 0. The fourth-order valence-corrected chi connectivity index (χ4v) is 1.45. The molecular formula is C12H15N5. The summed E-state index contributed by atoms with van der Waals surface area (Å²) in [5.41, 5.74) is 1.84. The number of anilines is 2. The highest BCUT2D eigenvalue weighted by Crippen LogP contribution is 2.19. The molecule has 0 saturated heterocycles. The minimum absolute atomic E-state index is 0.798. The number of nitrogens with zero attached hydrogens (tertiary/aromatic N) is 4. The molecular weight excluding hydrogens is 214 g/mol. The van der Waals surface area contributed by atoms with Crippen LogP contribution in [0.5, 0.6) is 0 Å². The third-order valence-electron chi connectivity index (χ3n) is 2.43. The minimum Gasteiger partial charge on any atom is -0.373 e. The van der Waals surface area contributed by atoms with E-state index >= 15 is 0 Å². The van der Waals surface area contributed by atoms with Crippen LogP contribution in [-0.4, -0.2) is 36.1 Å². The molecule has 0 unspecified atom stereocenters. The molecule has 2 rings (SSSR count). The zero-order chi connectivity index (χ0) is 12.3. The van der Waals surface area contributed by atoms with E-state index in [0.29, 0.717) is 0 Å². The number of rotatable bonds is 3. The van der Waals surface area contributed by atoms with Gasteiger partial charge < -0.3 is 10.2 Å². The molecule has 0 aliphatic heterocycles.